The number of carbonyl (C=O) groups is 2. The molecule has 2 N–H and O–H groups in total. The monoisotopic (exact) mass is 408 g/mol. The summed E-state index contributed by atoms with van der Waals surface area (Å²) < 4.78 is 2.58. The first kappa shape index (κ1) is 18.9. The van der Waals surface area contributed by atoms with E-state index >= 15 is 0 Å². The molecule has 0 bridgehead atoms. The van der Waals surface area contributed by atoms with Crippen molar-refractivity contribution >= 4 is 41.0 Å². The standard InChI is InChI=1S/C16H14Cl2N6O3/c1-9(15(26)27)24-13(5-6-20-24)14(25)21-16-19-8-23(22-16)7-10-11(17)3-2-4-12(10)18/h2-6,8-9H,7H2,1H3,(H,26,27)(H,21,22,25). The molecule has 1 aromatic carbocycles. The van der Waals surface area contributed by atoms with E-state index in [1.54, 1.807) is 18.2 Å². The predicted octanol–water partition coefficient (Wildman–Crippen LogP) is 2.73. The molecule has 1 amide bonds. The fraction of sp³-hybridized carbons (Fsp3) is 0.188. The minimum absolute atomic E-state index is 0.0545. The number of carbonyl (C=O) groups excluding carboxylic acids is 1. The van der Waals surface area contributed by atoms with Crippen molar-refractivity contribution in [2.75, 3.05) is 5.32 Å². The lowest BCUT2D eigenvalue weighted by atomic mass is 10.2. The Labute approximate surface area is 163 Å². The molecule has 1 unspecified atom stereocenters. The molecule has 0 aliphatic rings. The normalized spacial score (nSPS) is 12.0. The molecule has 140 valence electrons. The van der Waals surface area contributed by atoms with Gasteiger partial charge >= 0.3 is 5.97 Å². The van der Waals surface area contributed by atoms with E-state index in [2.05, 4.69) is 20.5 Å². The van der Waals surface area contributed by atoms with Crippen molar-refractivity contribution in [3.63, 3.8) is 0 Å². The second-order valence-corrected chi connectivity index (χ2v) is 6.41. The van der Waals surface area contributed by atoms with Crippen molar-refractivity contribution in [1.82, 2.24) is 24.5 Å². The van der Waals surface area contributed by atoms with Crippen molar-refractivity contribution < 1.29 is 14.7 Å². The Morgan fingerprint density at radius 3 is 2.63 bits per heavy atom. The minimum Gasteiger partial charge on any atom is -0.480 e. The van der Waals surface area contributed by atoms with Crippen LogP contribution in [0, 0.1) is 0 Å². The molecule has 27 heavy (non-hydrogen) atoms. The Morgan fingerprint density at radius 2 is 1.96 bits per heavy atom. The van der Waals surface area contributed by atoms with E-state index in [0.29, 0.717) is 15.6 Å². The third-order valence-electron chi connectivity index (χ3n) is 3.77. The van der Waals surface area contributed by atoms with Gasteiger partial charge in [-0.1, -0.05) is 29.3 Å². The molecule has 3 aromatic rings. The van der Waals surface area contributed by atoms with Gasteiger partial charge in [0, 0.05) is 21.8 Å². The quantitative estimate of drug-likeness (QED) is 0.647. The van der Waals surface area contributed by atoms with Crippen molar-refractivity contribution in [1.29, 1.82) is 0 Å². The van der Waals surface area contributed by atoms with Crippen LogP contribution in [-0.2, 0) is 11.3 Å². The summed E-state index contributed by atoms with van der Waals surface area (Å²) in [4.78, 5) is 27.5. The van der Waals surface area contributed by atoms with E-state index < -0.39 is 17.9 Å². The highest BCUT2D eigenvalue weighted by atomic mass is 35.5. The molecule has 11 heteroatoms. The predicted molar refractivity (Wildman–Crippen MR) is 98.1 cm³/mol. The molecule has 0 saturated heterocycles. The fourth-order valence-corrected chi connectivity index (χ4v) is 2.86. The van der Waals surface area contributed by atoms with Gasteiger partial charge in [-0.15, -0.1) is 5.10 Å². The van der Waals surface area contributed by atoms with Gasteiger partial charge in [0.15, 0.2) is 0 Å². The molecule has 2 aromatic heterocycles. The first-order valence-corrected chi connectivity index (χ1v) is 8.52. The highest BCUT2D eigenvalue weighted by molar-refractivity contribution is 6.35. The maximum atomic E-state index is 12.4. The number of nitrogens with zero attached hydrogens (tertiary/aromatic N) is 5. The van der Waals surface area contributed by atoms with Gasteiger partial charge in [-0.25, -0.2) is 19.1 Å². The number of hydrogen-bond donors (Lipinski definition) is 2. The van der Waals surface area contributed by atoms with Gasteiger partial charge in [0.25, 0.3) is 5.91 Å². The zero-order valence-corrected chi connectivity index (χ0v) is 15.5. The molecule has 0 fully saturated rings. The fourth-order valence-electron chi connectivity index (χ4n) is 2.35. The Morgan fingerprint density at radius 1 is 1.26 bits per heavy atom. The van der Waals surface area contributed by atoms with Gasteiger partial charge in [0.1, 0.15) is 18.1 Å². The molecular weight excluding hydrogens is 395 g/mol. The van der Waals surface area contributed by atoms with Crippen molar-refractivity contribution in [2.24, 2.45) is 0 Å². The highest BCUT2D eigenvalue weighted by Gasteiger charge is 2.21. The van der Waals surface area contributed by atoms with Gasteiger partial charge in [0.05, 0.1) is 6.54 Å². The molecule has 9 nitrogen and oxygen atoms in total. The lowest BCUT2D eigenvalue weighted by molar-refractivity contribution is -0.140. The van der Waals surface area contributed by atoms with E-state index in [-0.39, 0.29) is 18.2 Å². The lowest BCUT2D eigenvalue weighted by Gasteiger charge is -2.10. The number of anilines is 1. The number of hydrogen-bond acceptors (Lipinski definition) is 5. The summed E-state index contributed by atoms with van der Waals surface area (Å²) in [6.45, 7) is 1.70. The number of aliphatic carboxylic acids is 1. The number of halogens is 2. The molecule has 1 atom stereocenters. The summed E-state index contributed by atoms with van der Waals surface area (Å²) in [5, 5.41) is 20.6. The zero-order valence-electron chi connectivity index (χ0n) is 14.0. The van der Waals surface area contributed by atoms with Gasteiger partial charge in [-0.3, -0.25) is 10.1 Å². The van der Waals surface area contributed by atoms with Crippen molar-refractivity contribution in [3.8, 4) is 0 Å². The smallest absolute Gasteiger partial charge is 0.328 e. The maximum Gasteiger partial charge on any atom is 0.328 e. The molecule has 2 heterocycles. The van der Waals surface area contributed by atoms with Gasteiger partial charge in [-0.05, 0) is 25.1 Å². The van der Waals surface area contributed by atoms with E-state index in [1.165, 1.54) is 30.2 Å². The van der Waals surface area contributed by atoms with E-state index in [0.717, 1.165) is 4.68 Å². The van der Waals surface area contributed by atoms with Crippen LogP contribution in [0.3, 0.4) is 0 Å². The second kappa shape index (κ2) is 7.77. The number of carboxylic acids is 1. The maximum absolute atomic E-state index is 12.4. The summed E-state index contributed by atoms with van der Waals surface area (Å²) in [5.41, 5.74) is 0.757. The molecule has 0 aliphatic heterocycles. The summed E-state index contributed by atoms with van der Waals surface area (Å²) in [6, 6.07) is 5.59. The third kappa shape index (κ3) is 4.09. The first-order chi connectivity index (χ1) is 12.9. The molecule has 0 aliphatic carbocycles. The van der Waals surface area contributed by atoms with Crippen molar-refractivity contribution in [3.05, 3.63) is 58.1 Å². The van der Waals surface area contributed by atoms with Gasteiger partial charge in [0.2, 0.25) is 5.95 Å². The highest BCUT2D eigenvalue weighted by Crippen LogP contribution is 2.25. The zero-order chi connectivity index (χ0) is 19.6. The van der Waals surface area contributed by atoms with Crippen LogP contribution >= 0.6 is 23.2 Å². The van der Waals surface area contributed by atoms with E-state index in [1.807, 2.05) is 0 Å². The summed E-state index contributed by atoms with van der Waals surface area (Å²) in [7, 11) is 0. The van der Waals surface area contributed by atoms with E-state index in [4.69, 9.17) is 28.3 Å². The Hall–Kier alpha value is -2.91. The topological polar surface area (TPSA) is 115 Å². The first-order valence-electron chi connectivity index (χ1n) is 7.77. The molecule has 3 rings (SSSR count). The number of nitrogens with one attached hydrogen (secondary N) is 1. The van der Waals surface area contributed by atoms with Gasteiger partial charge < -0.3 is 5.11 Å². The van der Waals surface area contributed by atoms with Crippen molar-refractivity contribution in [2.45, 2.75) is 19.5 Å². The van der Waals surface area contributed by atoms with Gasteiger partial charge in [-0.2, -0.15) is 5.10 Å². The van der Waals surface area contributed by atoms with Crippen LogP contribution < -0.4 is 5.32 Å². The Kier molecular flexibility index (Phi) is 5.43. The summed E-state index contributed by atoms with van der Waals surface area (Å²) in [6.07, 6.45) is 2.77. The number of amides is 1. The third-order valence-corrected chi connectivity index (χ3v) is 4.48. The Bertz CT molecular complexity index is 979. The van der Waals surface area contributed by atoms with Crippen LogP contribution in [0.25, 0.3) is 0 Å². The van der Waals surface area contributed by atoms with Crippen LogP contribution in [0.4, 0.5) is 5.95 Å². The average molecular weight is 409 g/mol. The van der Waals surface area contributed by atoms with E-state index in [9.17, 15) is 9.59 Å². The van der Waals surface area contributed by atoms with Crippen LogP contribution in [0.15, 0.2) is 36.8 Å². The average Bonchev–Trinajstić information content (AvgIpc) is 3.27. The largest absolute Gasteiger partial charge is 0.480 e. The number of carboxylic acid groups (broad SMARTS) is 1. The summed E-state index contributed by atoms with van der Waals surface area (Å²) in [5.74, 6) is -1.63. The molecule has 0 spiro atoms. The minimum atomic E-state index is -1.10. The SMILES string of the molecule is CC(C(=O)O)n1nccc1C(=O)Nc1ncn(Cc2c(Cl)cccc2Cl)n1. The molecule has 0 radical (unpaired) electrons. The second-order valence-electron chi connectivity index (χ2n) is 5.60. The summed E-state index contributed by atoms with van der Waals surface area (Å²) >= 11 is 12.3. The lowest BCUT2D eigenvalue weighted by Crippen LogP contribution is -2.24. The van der Waals surface area contributed by atoms with Crippen LogP contribution in [0.5, 0.6) is 0 Å². The number of rotatable bonds is 6. The number of aromatic nitrogens is 5. The van der Waals surface area contributed by atoms with Crippen LogP contribution in [0.2, 0.25) is 10.0 Å². The van der Waals surface area contributed by atoms with Crippen LogP contribution in [-0.4, -0.2) is 41.5 Å². The molecule has 0 saturated carbocycles. The Balaban J connectivity index is 1.74. The molecular formula is C16H14Cl2N6O3. The van der Waals surface area contributed by atoms with Crippen LogP contribution in [0.1, 0.15) is 29.0 Å². The number of benzene rings is 1.